The second-order valence-electron chi connectivity index (χ2n) is 3.27. The van der Waals surface area contributed by atoms with Crippen molar-refractivity contribution in [2.45, 2.75) is 6.29 Å². The normalized spacial score (nSPS) is 11.1. The van der Waals surface area contributed by atoms with E-state index in [9.17, 15) is 0 Å². The predicted molar refractivity (Wildman–Crippen MR) is 58.6 cm³/mol. The molecular weight excluding hydrogens is 230 g/mol. The Kier molecular flexibility index (Phi) is 2.91. The van der Waals surface area contributed by atoms with E-state index in [1.54, 1.807) is 19.2 Å². The molecule has 0 bridgehead atoms. The van der Waals surface area contributed by atoms with E-state index in [0.29, 0.717) is 16.4 Å². The molecule has 0 saturated heterocycles. The van der Waals surface area contributed by atoms with Crippen LogP contribution in [-0.4, -0.2) is 25.0 Å². The Hall–Kier alpha value is -1.43. The highest BCUT2D eigenvalue weighted by atomic mass is 35.5. The molecule has 0 fully saturated rings. The summed E-state index contributed by atoms with van der Waals surface area (Å²) in [6.45, 7) is 0. The molecule has 6 heteroatoms. The van der Waals surface area contributed by atoms with Crippen molar-refractivity contribution >= 4 is 11.6 Å². The lowest BCUT2D eigenvalue weighted by molar-refractivity contribution is -0.0494. The molecule has 0 atom stereocenters. The van der Waals surface area contributed by atoms with Crippen molar-refractivity contribution in [2.75, 3.05) is 0 Å². The minimum atomic E-state index is -1.68. The average Bonchev–Trinajstić information content (AvgIpc) is 2.61. The molecule has 1 heterocycles. The van der Waals surface area contributed by atoms with Gasteiger partial charge in [0.15, 0.2) is 5.82 Å². The van der Waals surface area contributed by atoms with Crippen molar-refractivity contribution in [3.05, 3.63) is 35.1 Å². The molecule has 0 radical (unpaired) electrons. The van der Waals surface area contributed by atoms with Gasteiger partial charge in [0.25, 0.3) is 0 Å². The smallest absolute Gasteiger partial charge is 0.216 e. The molecular formula is C10H10ClN3O2. The molecule has 0 aliphatic carbocycles. The Morgan fingerprint density at radius 1 is 1.31 bits per heavy atom. The maximum atomic E-state index is 8.96. The van der Waals surface area contributed by atoms with Gasteiger partial charge in [0, 0.05) is 12.6 Å². The van der Waals surface area contributed by atoms with Crippen LogP contribution in [0.25, 0.3) is 11.4 Å². The molecule has 5 nitrogen and oxygen atoms in total. The van der Waals surface area contributed by atoms with Gasteiger partial charge in [-0.2, -0.15) is 5.10 Å². The zero-order chi connectivity index (χ0) is 11.7. The first-order chi connectivity index (χ1) is 7.59. The lowest BCUT2D eigenvalue weighted by Gasteiger charge is -2.01. The van der Waals surface area contributed by atoms with Crippen LogP contribution in [0.1, 0.15) is 12.1 Å². The SMILES string of the molecule is Cn1nc(C(O)O)nc1-c1ccccc1Cl. The molecule has 0 aliphatic heterocycles. The lowest BCUT2D eigenvalue weighted by Crippen LogP contribution is -1.98. The summed E-state index contributed by atoms with van der Waals surface area (Å²) in [5.74, 6) is 0.450. The molecule has 0 unspecified atom stereocenters. The van der Waals surface area contributed by atoms with Gasteiger partial charge in [-0.3, -0.25) is 0 Å². The third-order valence-corrected chi connectivity index (χ3v) is 2.45. The molecule has 1 aromatic heterocycles. The highest BCUT2D eigenvalue weighted by molar-refractivity contribution is 6.33. The summed E-state index contributed by atoms with van der Waals surface area (Å²) in [6, 6.07) is 7.16. The first kappa shape index (κ1) is 11.1. The summed E-state index contributed by atoms with van der Waals surface area (Å²) in [7, 11) is 1.66. The number of hydrogen-bond acceptors (Lipinski definition) is 4. The highest BCUT2D eigenvalue weighted by Crippen LogP contribution is 2.26. The zero-order valence-electron chi connectivity index (χ0n) is 8.50. The number of aliphatic hydroxyl groups is 2. The van der Waals surface area contributed by atoms with Gasteiger partial charge in [-0.05, 0) is 12.1 Å². The quantitative estimate of drug-likeness (QED) is 0.771. The molecule has 84 valence electrons. The number of rotatable bonds is 2. The molecule has 0 aliphatic rings. The number of benzene rings is 1. The largest absolute Gasteiger partial charge is 0.362 e. The van der Waals surface area contributed by atoms with Crippen LogP contribution in [0.4, 0.5) is 0 Å². The van der Waals surface area contributed by atoms with Gasteiger partial charge in [0.2, 0.25) is 12.1 Å². The molecule has 0 spiro atoms. The Bertz CT molecular complexity index is 511. The molecule has 0 amide bonds. The van der Waals surface area contributed by atoms with Gasteiger partial charge in [0.05, 0.1) is 5.02 Å². The van der Waals surface area contributed by atoms with E-state index in [1.807, 2.05) is 12.1 Å². The molecule has 2 aromatic rings. The van der Waals surface area contributed by atoms with Crippen molar-refractivity contribution < 1.29 is 10.2 Å². The van der Waals surface area contributed by atoms with E-state index in [2.05, 4.69) is 10.1 Å². The first-order valence-electron chi connectivity index (χ1n) is 4.61. The van der Waals surface area contributed by atoms with E-state index in [0.717, 1.165) is 0 Å². The second kappa shape index (κ2) is 4.21. The third kappa shape index (κ3) is 1.92. The predicted octanol–water partition coefficient (Wildman–Crippen LogP) is 1.12. The monoisotopic (exact) mass is 239 g/mol. The van der Waals surface area contributed by atoms with Crippen molar-refractivity contribution in [3.63, 3.8) is 0 Å². The topological polar surface area (TPSA) is 71.2 Å². The highest BCUT2D eigenvalue weighted by Gasteiger charge is 2.15. The second-order valence-corrected chi connectivity index (χ2v) is 3.68. The Morgan fingerprint density at radius 2 is 2.00 bits per heavy atom. The molecule has 0 saturated carbocycles. The van der Waals surface area contributed by atoms with Crippen LogP contribution in [-0.2, 0) is 7.05 Å². The maximum Gasteiger partial charge on any atom is 0.216 e. The fourth-order valence-corrected chi connectivity index (χ4v) is 1.61. The zero-order valence-corrected chi connectivity index (χ0v) is 9.26. The van der Waals surface area contributed by atoms with Crippen LogP contribution in [0.5, 0.6) is 0 Å². The Labute approximate surface area is 96.9 Å². The fraction of sp³-hybridized carbons (Fsp3) is 0.200. The summed E-state index contributed by atoms with van der Waals surface area (Å²) in [5.41, 5.74) is 0.700. The molecule has 2 N–H and O–H groups in total. The Balaban J connectivity index is 2.52. The number of aromatic nitrogens is 3. The number of aliphatic hydroxyl groups excluding tert-OH is 1. The minimum absolute atomic E-state index is 0.0441. The van der Waals surface area contributed by atoms with E-state index < -0.39 is 6.29 Å². The standard InChI is InChI=1S/C10H10ClN3O2/c1-14-9(12-8(13-14)10(15)16)6-4-2-3-5-7(6)11/h2-5,10,15-16H,1H3. The lowest BCUT2D eigenvalue weighted by atomic mass is 10.2. The number of halogens is 1. The van der Waals surface area contributed by atoms with E-state index >= 15 is 0 Å². The van der Waals surface area contributed by atoms with Crippen LogP contribution in [0.2, 0.25) is 5.02 Å². The van der Waals surface area contributed by atoms with Crippen LogP contribution in [0.15, 0.2) is 24.3 Å². The van der Waals surface area contributed by atoms with Crippen LogP contribution in [0, 0.1) is 0 Å². The average molecular weight is 240 g/mol. The van der Waals surface area contributed by atoms with Gasteiger partial charge in [-0.1, -0.05) is 23.7 Å². The van der Waals surface area contributed by atoms with Crippen molar-refractivity contribution in [3.8, 4) is 11.4 Å². The first-order valence-corrected chi connectivity index (χ1v) is 4.99. The van der Waals surface area contributed by atoms with Crippen molar-refractivity contribution in [1.82, 2.24) is 14.8 Å². The number of nitrogens with zero attached hydrogens (tertiary/aromatic N) is 3. The molecule has 1 aromatic carbocycles. The van der Waals surface area contributed by atoms with Crippen molar-refractivity contribution in [2.24, 2.45) is 7.05 Å². The fourth-order valence-electron chi connectivity index (χ4n) is 1.39. The van der Waals surface area contributed by atoms with Gasteiger partial charge < -0.3 is 10.2 Å². The van der Waals surface area contributed by atoms with Crippen LogP contribution < -0.4 is 0 Å². The van der Waals surface area contributed by atoms with Gasteiger partial charge in [0.1, 0.15) is 0 Å². The van der Waals surface area contributed by atoms with Gasteiger partial charge in [-0.15, -0.1) is 0 Å². The summed E-state index contributed by atoms with van der Waals surface area (Å²) in [6.07, 6.45) is -1.68. The van der Waals surface area contributed by atoms with Gasteiger partial charge >= 0.3 is 0 Å². The summed E-state index contributed by atoms with van der Waals surface area (Å²) < 4.78 is 1.45. The van der Waals surface area contributed by atoms with Crippen molar-refractivity contribution in [1.29, 1.82) is 0 Å². The third-order valence-electron chi connectivity index (χ3n) is 2.13. The summed E-state index contributed by atoms with van der Waals surface area (Å²) in [4.78, 5) is 4.01. The number of hydrogen-bond donors (Lipinski definition) is 2. The molecule has 2 rings (SSSR count). The maximum absolute atomic E-state index is 8.96. The van der Waals surface area contributed by atoms with Crippen LogP contribution in [0.3, 0.4) is 0 Å². The van der Waals surface area contributed by atoms with Gasteiger partial charge in [-0.25, -0.2) is 9.67 Å². The van der Waals surface area contributed by atoms with E-state index in [-0.39, 0.29) is 5.82 Å². The van der Waals surface area contributed by atoms with Crippen LogP contribution >= 0.6 is 11.6 Å². The summed E-state index contributed by atoms with van der Waals surface area (Å²) >= 11 is 6.01. The minimum Gasteiger partial charge on any atom is -0.362 e. The molecule has 16 heavy (non-hydrogen) atoms. The van der Waals surface area contributed by atoms with E-state index in [1.165, 1.54) is 4.68 Å². The van der Waals surface area contributed by atoms with E-state index in [4.69, 9.17) is 21.8 Å². The number of aryl methyl sites for hydroxylation is 1. The summed E-state index contributed by atoms with van der Waals surface area (Å²) in [5, 5.41) is 22.3. The Morgan fingerprint density at radius 3 is 2.56 bits per heavy atom.